The highest BCUT2D eigenvalue weighted by atomic mass is 35.5. The van der Waals surface area contributed by atoms with Gasteiger partial charge in [0.25, 0.3) is 0 Å². The Hall–Kier alpha value is -2.69. The van der Waals surface area contributed by atoms with Crippen LogP contribution in [0.15, 0.2) is 77.7 Å². The van der Waals surface area contributed by atoms with E-state index in [1.807, 2.05) is 24.3 Å². The van der Waals surface area contributed by atoms with E-state index < -0.39 is 10.0 Å². The average molecular weight is 450 g/mol. The van der Waals surface area contributed by atoms with Crippen LogP contribution >= 0.6 is 11.6 Å². The molecule has 3 heterocycles. The number of nitrogens with zero attached hydrogens (tertiary/aromatic N) is 2. The largest absolute Gasteiger partial charge is 0.307 e. The van der Waals surface area contributed by atoms with Crippen LogP contribution < -0.4 is 5.32 Å². The summed E-state index contributed by atoms with van der Waals surface area (Å²) in [5, 5.41) is 12.9. The quantitative estimate of drug-likeness (QED) is 0.653. The van der Waals surface area contributed by atoms with E-state index in [1.54, 1.807) is 22.5 Å². The highest BCUT2D eigenvalue weighted by Crippen LogP contribution is 2.39. The third kappa shape index (κ3) is 3.64. The van der Waals surface area contributed by atoms with Crippen LogP contribution in [0.1, 0.15) is 17.0 Å². The standard InChI is InChI=1S/C24H20ClN3O2S/c25-20-2-1-3-21(12-20)31(29,30)28-14-22-24(23(15-28)27-22)19-10-8-18(9-11-19)17-6-4-16(13-26)5-7-17/h1-12,22-24,27H,14-15H2/t22-,23+,24?. The first-order valence-electron chi connectivity index (χ1n) is 10.1. The summed E-state index contributed by atoms with van der Waals surface area (Å²) in [6.45, 7) is 0.876. The number of sulfonamides is 1. The normalized spacial score (nSPS) is 23.0. The molecule has 0 radical (unpaired) electrons. The van der Waals surface area contributed by atoms with Gasteiger partial charge < -0.3 is 5.32 Å². The van der Waals surface area contributed by atoms with Crippen molar-refractivity contribution in [3.05, 3.63) is 88.9 Å². The van der Waals surface area contributed by atoms with E-state index in [2.05, 4.69) is 35.7 Å². The first-order chi connectivity index (χ1) is 15.0. The lowest BCUT2D eigenvalue weighted by molar-refractivity contribution is 0.102. The molecule has 2 bridgehead atoms. The summed E-state index contributed by atoms with van der Waals surface area (Å²) >= 11 is 5.99. The Kier molecular flexibility index (Phi) is 5.07. The van der Waals surface area contributed by atoms with Crippen molar-refractivity contribution in [3.63, 3.8) is 0 Å². The molecule has 31 heavy (non-hydrogen) atoms. The lowest BCUT2D eigenvalue weighted by atomic mass is 9.75. The Morgan fingerprint density at radius 1 is 0.935 bits per heavy atom. The first kappa shape index (κ1) is 20.2. The van der Waals surface area contributed by atoms with Crippen LogP contribution in [-0.4, -0.2) is 37.9 Å². The van der Waals surface area contributed by atoms with E-state index in [9.17, 15) is 8.42 Å². The average Bonchev–Trinajstić information content (AvgIpc) is 2.80. The Morgan fingerprint density at radius 2 is 1.55 bits per heavy atom. The maximum Gasteiger partial charge on any atom is 0.243 e. The Bertz CT molecular complexity index is 1260. The van der Waals surface area contributed by atoms with Crippen molar-refractivity contribution in [3.8, 4) is 17.2 Å². The number of fused-ring (bicyclic) bond motifs is 2. The number of hydrogen-bond donors (Lipinski definition) is 1. The van der Waals surface area contributed by atoms with E-state index in [-0.39, 0.29) is 17.0 Å². The van der Waals surface area contributed by atoms with E-state index in [4.69, 9.17) is 16.9 Å². The summed E-state index contributed by atoms with van der Waals surface area (Å²) in [5.41, 5.74) is 4.02. The van der Waals surface area contributed by atoms with Crippen molar-refractivity contribution >= 4 is 21.6 Å². The fourth-order valence-corrected chi connectivity index (χ4v) is 6.36. The summed E-state index contributed by atoms with van der Waals surface area (Å²) in [4.78, 5) is 0.240. The summed E-state index contributed by atoms with van der Waals surface area (Å²) in [7, 11) is -3.56. The molecule has 1 N–H and O–H groups in total. The third-order valence-electron chi connectivity index (χ3n) is 6.17. The number of halogens is 1. The maximum absolute atomic E-state index is 13.0. The molecule has 3 saturated heterocycles. The minimum absolute atomic E-state index is 0.0912. The van der Waals surface area contributed by atoms with Gasteiger partial charge in [-0.05, 0) is 47.0 Å². The molecule has 0 spiro atoms. The minimum Gasteiger partial charge on any atom is -0.307 e. The van der Waals surface area contributed by atoms with Crippen LogP contribution in [-0.2, 0) is 10.0 Å². The van der Waals surface area contributed by atoms with E-state index >= 15 is 0 Å². The molecule has 0 aromatic heterocycles. The number of hydrogen-bond acceptors (Lipinski definition) is 4. The predicted molar refractivity (Wildman–Crippen MR) is 120 cm³/mol. The molecule has 1 unspecified atom stereocenters. The van der Waals surface area contributed by atoms with Gasteiger partial charge in [-0.3, -0.25) is 0 Å². The molecule has 3 aromatic rings. The molecule has 6 rings (SSSR count). The smallest absolute Gasteiger partial charge is 0.243 e. The fourth-order valence-electron chi connectivity index (χ4n) is 4.56. The van der Waals surface area contributed by atoms with Crippen LogP contribution in [0.4, 0.5) is 0 Å². The Labute approximate surface area is 186 Å². The predicted octanol–water partition coefficient (Wildman–Crippen LogP) is 4.01. The molecular weight excluding hydrogens is 430 g/mol. The zero-order valence-electron chi connectivity index (χ0n) is 16.6. The second-order valence-electron chi connectivity index (χ2n) is 8.00. The number of benzene rings is 3. The van der Waals surface area contributed by atoms with Gasteiger partial charge in [-0.2, -0.15) is 9.57 Å². The van der Waals surface area contributed by atoms with E-state index in [0.29, 0.717) is 29.6 Å². The third-order valence-corrected chi connectivity index (χ3v) is 8.24. The lowest BCUT2D eigenvalue weighted by Crippen LogP contribution is -2.72. The molecule has 0 aliphatic carbocycles. The molecule has 3 atom stereocenters. The topological polar surface area (TPSA) is 73.2 Å². The number of nitrogens with one attached hydrogen (secondary N) is 1. The molecule has 7 heteroatoms. The van der Waals surface area contributed by atoms with Gasteiger partial charge in [0, 0.05) is 36.1 Å². The number of piperidine rings is 1. The van der Waals surface area contributed by atoms with Gasteiger partial charge in [-0.25, -0.2) is 8.42 Å². The summed E-state index contributed by atoms with van der Waals surface area (Å²) in [5.74, 6) is 0.292. The van der Waals surface area contributed by atoms with Crippen molar-refractivity contribution in [2.24, 2.45) is 0 Å². The van der Waals surface area contributed by atoms with Crippen molar-refractivity contribution < 1.29 is 8.42 Å². The molecule has 3 aliphatic heterocycles. The van der Waals surface area contributed by atoms with Gasteiger partial charge in [0.05, 0.1) is 16.5 Å². The van der Waals surface area contributed by atoms with Crippen LogP contribution in [0.3, 0.4) is 0 Å². The van der Waals surface area contributed by atoms with E-state index in [1.165, 1.54) is 11.6 Å². The van der Waals surface area contributed by atoms with E-state index in [0.717, 1.165) is 11.1 Å². The van der Waals surface area contributed by atoms with Crippen molar-refractivity contribution in [2.45, 2.75) is 22.9 Å². The number of piperazine rings is 1. The van der Waals surface area contributed by atoms with Gasteiger partial charge in [0.15, 0.2) is 0 Å². The molecule has 0 saturated carbocycles. The van der Waals surface area contributed by atoms with Gasteiger partial charge in [0.2, 0.25) is 10.0 Å². The highest BCUT2D eigenvalue weighted by molar-refractivity contribution is 7.89. The zero-order chi connectivity index (χ0) is 21.6. The van der Waals surface area contributed by atoms with Crippen molar-refractivity contribution in [1.82, 2.24) is 9.62 Å². The molecule has 0 amide bonds. The van der Waals surface area contributed by atoms with Crippen molar-refractivity contribution in [2.75, 3.05) is 13.1 Å². The monoisotopic (exact) mass is 449 g/mol. The zero-order valence-corrected chi connectivity index (χ0v) is 18.1. The van der Waals surface area contributed by atoms with Crippen LogP contribution in [0.2, 0.25) is 5.02 Å². The molecule has 3 aromatic carbocycles. The molecule has 156 valence electrons. The second-order valence-corrected chi connectivity index (χ2v) is 10.4. The van der Waals surface area contributed by atoms with Gasteiger partial charge in [-0.1, -0.05) is 54.1 Å². The lowest BCUT2D eigenvalue weighted by Gasteiger charge is -2.54. The summed E-state index contributed by atoms with van der Waals surface area (Å²) < 4.78 is 27.6. The maximum atomic E-state index is 13.0. The first-order valence-corrected chi connectivity index (χ1v) is 11.9. The minimum atomic E-state index is -3.56. The Balaban J connectivity index is 1.31. The van der Waals surface area contributed by atoms with Gasteiger partial charge >= 0.3 is 0 Å². The summed E-state index contributed by atoms with van der Waals surface area (Å²) in [6.07, 6.45) is 0. The van der Waals surface area contributed by atoms with Crippen LogP contribution in [0.25, 0.3) is 11.1 Å². The SMILES string of the molecule is N#Cc1ccc(-c2ccc(C3[C@@H]4CN(S(=O)(=O)c5cccc(Cl)c5)C[C@H]3N4)cc2)cc1. The number of nitriles is 1. The Morgan fingerprint density at radius 3 is 2.13 bits per heavy atom. The number of rotatable bonds is 4. The highest BCUT2D eigenvalue weighted by Gasteiger charge is 2.49. The van der Waals surface area contributed by atoms with Crippen LogP contribution in [0.5, 0.6) is 0 Å². The van der Waals surface area contributed by atoms with Gasteiger partial charge in [0.1, 0.15) is 0 Å². The summed E-state index contributed by atoms with van der Waals surface area (Å²) in [6, 6.07) is 24.7. The fraction of sp³-hybridized carbons (Fsp3) is 0.208. The molecular formula is C24H20ClN3O2S. The molecule has 3 fully saturated rings. The van der Waals surface area contributed by atoms with Crippen molar-refractivity contribution in [1.29, 1.82) is 5.26 Å². The second kappa shape index (κ2) is 7.77. The van der Waals surface area contributed by atoms with Crippen LogP contribution in [0, 0.1) is 11.3 Å². The molecule has 3 aliphatic rings. The molecule has 5 nitrogen and oxygen atoms in total. The van der Waals surface area contributed by atoms with Gasteiger partial charge in [-0.15, -0.1) is 0 Å².